The fourth-order valence-electron chi connectivity index (χ4n) is 2.19. The molecule has 1 aliphatic rings. The van der Waals surface area contributed by atoms with Gasteiger partial charge in [-0.25, -0.2) is 0 Å². The van der Waals surface area contributed by atoms with Gasteiger partial charge in [0.25, 0.3) is 0 Å². The van der Waals surface area contributed by atoms with Crippen molar-refractivity contribution < 1.29 is 0 Å². The van der Waals surface area contributed by atoms with E-state index in [9.17, 15) is 0 Å². The van der Waals surface area contributed by atoms with Gasteiger partial charge in [-0.15, -0.1) is 0 Å². The molecule has 3 N–H and O–H groups in total. The van der Waals surface area contributed by atoms with Crippen LogP contribution in [0.5, 0.6) is 0 Å². The van der Waals surface area contributed by atoms with Crippen molar-refractivity contribution in [1.29, 1.82) is 5.41 Å². The summed E-state index contributed by atoms with van der Waals surface area (Å²) in [6.45, 7) is 6.56. The molecule has 0 saturated carbocycles. The third-order valence-corrected chi connectivity index (χ3v) is 3.42. The molecule has 1 aromatic heterocycles. The van der Waals surface area contributed by atoms with Crippen LogP contribution in [0.2, 0.25) is 0 Å². The van der Waals surface area contributed by atoms with Crippen molar-refractivity contribution in [2.75, 3.05) is 18.0 Å². The van der Waals surface area contributed by atoms with E-state index in [4.69, 9.17) is 11.1 Å². The number of aromatic nitrogens is 1. The van der Waals surface area contributed by atoms with Crippen LogP contribution in [0.3, 0.4) is 0 Å². The molecule has 1 aromatic rings. The molecular formula is C12H18N4. The summed E-state index contributed by atoms with van der Waals surface area (Å²) in [6, 6.07) is 1.81. The zero-order chi connectivity index (χ0) is 11.7. The highest BCUT2D eigenvalue weighted by Crippen LogP contribution is 2.29. The number of rotatable bonds is 2. The van der Waals surface area contributed by atoms with Crippen molar-refractivity contribution in [1.82, 2.24) is 4.98 Å². The highest BCUT2D eigenvalue weighted by molar-refractivity contribution is 6.00. The van der Waals surface area contributed by atoms with Gasteiger partial charge in [0.15, 0.2) is 0 Å². The van der Waals surface area contributed by atoms with Gasteiger partial charge in [0, 0.05) is 24.8 Å². The van der Waals surface area contributed by atoms with Crippen molar-refractivity contribution in [2.45, 2.75) is 13.8 Å². The lowest BCUT2D eigenvalue weighted by molar-refractivity contribution is 0.494. The van der Waals surface area contributed by atoms with Crippen LogP contribution in [-0.2, 0) is 0 Å². The second kappa shape index (κ2) is 4.12. The highest BCUT2D eigenvalue weighted by atomic mass is 15.2. The smallest absolute Gasteiger partial charge is 0.125 e. The summed E-state index contributed by atoms with van der Waals surface area (Å²) in [5.74, 6) is 1.48. The molecule has 0 radical (unpaired) electrons. The summed E-state index contributed by atoms with van der Waals surface area (Å²) in [4.78, 5) is 6.41. The van der Waals surface area contributed by atoms with Crippen LogP contribution in [-0.4, -0.2) is 23.9 Å². The molecule has 0 aromatic carbocycles. The Bertz CT molecular complexity index is 392. The van der Waals surface area contributed by atoms with Gasteiger partial charge in [0.05, 0.1) is 11.9 Å². The van der Waals surface area contributed by atoms with Crippen molar-refractivity contribution in [3.05, 3.63) is 24.0 Å². The molecule has 2 heterocycles. The summed E-state index contributed by atoms with van der Waals surface area (Å²) in [5, 5.41) is 7.56. The van der Waals surface area contributed by atoms with Crippen molar-refractivity contribution in [3.63, 3.8) is 0 Å². The first-order chi connectivity index (χ1) is 7.59. The van der Waals surface area contributed by atoms with E-state index in [0.29, 0.717) is 11.8 Å². The summed E-state index contributed by atoms with van der Waals surface area (Å²) in [7, 11) is 0. The summed E-state index contributed by atoms with van der Waals surface area (Å²) in [6.07, 6.45) is 3.49. The van der Waals surface area contributed by atoms with Crippen LogP contribution >= 0.6 is 0 Å². The molecule has 0 bridgehead atoms. The molecule has 1 saturated heterocycles. The van der Waals surface area contributed by atoms with Gasteiger partial charge in [-0.3, -0.25) is 10.4 Å². The number of pyridine rings is 1. The number of hydrogen-bond donors (Lipinski definition) is 2. The number of hydrogen-bond acceptors (Lipinski definition) is 3. The third kappa shape index (κ3) is 1.87. The molecule has 0 spiro atoms. The zero-order valence-electron chi connectivity index (χ0n) is 9.77. The first kappa shape index (κ1) is 10.9. The van der Waals surface area contributed by atoms with E-state index in [2.05, 4.69) is 23.7 Å². The third-order valence-electron chi connectivity index (χ3n) is 3.42. The Labute approximate surface area is 96.0 Å². The number of amidine groups is 1. The first-order valence-corrected chi connectivity index (χ1v) is 5.63. The Morgan fingerprint density at radius 1 is 1.44 bits per heavy atom. The van der Waals surface area contributed by atoms with Gasteiger partial charge >= 0.3 is 0 Å². The first-order valence-electron chi connectivity index (χ1n) is 5.63. The van der Waals surface area contributed by atoms with Crippen molar-refractivity contribution in [3.8, 4) is 0 Å². The van der Waals surface area contributed by atoms with E-state index in [1.165, 1.54) is 0 Å². The van der Waals surface area contributed by atoms with Crippen LogP contribution < -0.4 is 10.6 Å². The molecule has 1 fully saturated rings. The summed E-state index contributed by atoms with van der Waals surface area (Å²) >= 11 is 0. The molecule has 2 unspecified atom stereocenters. The fraction of sp³-hybridized carbons (Fsp3) is 0.500. The molecule has 2 rings (SSSR count). The SMILES string of the molecule is CC1CN(c2cnccc2C(=N)N)CC1C. The number of nitrogens with two attached hydrogens (primary N) is 1. The van der Waals surface area contributed by atoms with E-state index in [1.807, 2.05) is 12.3 Å². The highest BCUT2D eigenvalue weighted by Gasteiger charge is 2.27. The average Bonchev–Trinajstić information content (AvgIpc) is 2.59. The summed E-state index contributed by atoms with van der Waals surface area (Å²) in [5.41, 5.74) is 7.36. The Hall–Kier alpha value is -1.58. The predicted molar refractivity (Wildman–Crippen MR) is 65.8 cm³/mol. The van der Waals surface area contributed by atoms with Crippen LogP contribution in [0.4, 0.5) is 5.69 Å². The Morgan fingerprint density at radius 3 is 2.62 bits per heavy atom. The average molecular weight is 218 g/mol. The van der Waals surface area contributed by atoms with E-state index >= 15 is 0 Å². The van der Waals surface area contributed by atoms with Gasteiger partial charge < -0.3 is 10.6 Å². The molecule has 0 aliphatic carbocycles. The second-order valence-corrected chi connectivity index (χ2v) is 4.67. The molecular weight excluding hydrogens is 200 g/mol. The minimum atomic E-state index is 0.115. The minimum absolute atomic E-state index is 0.115. The monoisotopic (exact) mass is 218 g/mol. The lowest BCUT2D eigenvalue weighted by Crippen LogP contribution is -2.24. The number of nitrogen functional groups attached to an aromatic ring is 1. The Balaban J connectivity index is 2.31. The fourth-order valence-corrected chi connectivity index (χ4v) is 2.19. The maximum Gasteiger partial charge on any atom is 0.125 e. The topological polar surface area (TPSA) is 66.0 Å². The quantitative estimate of drug-likeness (QED) is 0.583. The van der Waals surface area contributed by atoms with Gasteiger partial charge in [0.1, 0.15) is 5.84 Å². The summed E-state index contributed by atoms with van der Waals surface area (Å²) < 4.78 is 0. The van der Waals surface area contributed by atoms with E-state index in [1.54, 1.807) is 6.20 Å². The van der Waals surface area contributed by atoms with Crippen LogP contribution in [0.15, 0.2) is 18.5 Å². The van der Waals surface area contributed by atoms with E-state index < -0.39 is 0 Å². The minimum Gasteiger partial charge on any atom is -0.384 e. The Morgan fingerprint density at radius 2 is 2.06 bits per heavy atom. The van der Waals surface area contributed by atoms with Crippen LogP contribution in [0, 0.1) is 17.2 Å². The van der Waals surface area contributed by atoms with Gasteiger partial charge in [0.2, 0.25) is 0 Å². The van der Waals surface area contributed by atoms with Crippen LogP contribution in [0.25, 0.3) is 0 Å². The lowest BCUT2D eigenvalue weighted by Gasteiger charge is -2.20. The Kier molecular flexibility index (Phi) is 2.81. The second-order valence-electron chi connectivity index (χ2n) is 4.67. The van der Waals surface area contributed by atoms with Crippen molar-refractivity contribution in [2.24, 2.45) is 17.6 Å². The number of nitrogens with zero attached hydrogens (tertiary/aromatic N) is 2. The van der Waals surface area contributed by atoms with Crippen molar-refractivity contribution >= 4 is 11.5 Å². The van der Waals surface area contributed by atoms with E-state index in [-0.39, 0.29) is 5.84 Å². The number of anilines is 1. The van der Waals surface area contributed by atoms with Gasteiger partial charge in [-0.05, 0) is 17.9 Å². The van der Waals surface area contributed by atoms with Crippen LogP contribution in [0.1, 0.15) is 19.4 Å². The zero-order valence-corrected chi connectivity index (χ0v) is 9.77. The normalized spacial score (nSPS) is 24.8. The maximum atomic E-state index is 7.56. The van der Waals surface area contributed by atoms with Gasteiger partial charge in [-0.1, -0.05) is 13.8 Å². The molecule has 86 valence electrons. The standard InChI is InChI=1S/C12H18N4/c1-8-6-16(7-9(8)2)11-5-15-4-3-10(11)12(13)14/h3-5,8-9H,6-7H2,1-2H3,(H3,13,14). The predicted octanol–water partition coefficient (Wildman–Crippen LogP) is 1.46. The largest absolute Gasteiger partial charge is 0.384 e. The van der Waals surface area contributed by atoms with E-state index in [0.717, 1.165) is 24.3 Å². The molecule has 2 atom stereocenters. The molecule has 4 nitrogen and oxygen atoms in total. The molecule has 16 heavy (non-hydrogen) atoms. The number of nitrogens with one attached hydrogen (secondary N) is 1. The lowest BCUT2D eigenvalue weighted by atomic mass is 10.0. The molecule has 0 amide bonds. The van der Waals surface area contributed by atoms with Gasteiger partial charge in [-0.2, -0.15) is 0 Å². The maximum absolute atomic E-state index is 7.56. The molecule has 1 aliphatic heterocycles. The molecule has 4 heteroatoms.